The quantitative estimate of drug-likeness (QED) is 0.238. The number of nitrogens with zero attached hydrogens (tertiary/aromatic N) is 1. The van der Waals surface area contributed by atoms with Crippen molar-refractivity contribution in [2.45, 2.75) is 13.8 Å². The monoisotopic (exact) mass is 485 g/mol. The van der Waals surface area contributed by atoms with Crippen LogP contribution in [0.5, 0.6) is 17.2 Å². The second kappa shape index (κ2) is 10.5. The summed E-state index contributed by atoms with van der Waals surface area (Å²) in [5.41, 5.74) is 4.43. The first kappa shape index (κ1) is 24.7. The summed E-state index contributed by atoms with van der Waals surface area (Å²) in [7, 11) is 4.59. The van der Waals surface area contributed by atoms with Crippen molar-refractivity contribution >= 4 is 22.7 Å². The average molecular weight is 486 g/mol. The Morgan fingerprint density at radius 2 is 1.50 bits per heavy atom. The van der Waals surface area contributed by atoms with Crippen LogP contribution in [-0.4, -0.2) is 44.7 Å². The minimum absolute atomic E-state index is 0.257. The maximum atomic E-state index is 13.2. The SMILES string of the molecule is COc1cc(-c2cc(C(=O)OCC(=O)c3cc(C)ccc3C)c3ccccc3n2)cc(OC)c1OC. The molecule has 0 saturated carbocycles. The molecule has 0 aliphatic rings. The van der Waals surface area contributed by atoms with E-state index in [1.165, 1.54) is 21.3 Å². The molecule has 0 radical (unpaired) electrons. The second-order valence-corrected chi connectivity index (χ2v) is 8.30. The molecule has 0 N–H and O–H groups in total. The van der Waals surface area contributed by atoms with Crippen molar-refractivity contribution in [3.8, 4) is 28.5 Å². The van der Waals surface area contributed by atoms with Crippen LogP contribution in [0.1, 0.15) is 31.8 Å². The summed E-state index contributed by atoms with van der Waals surface area (Å²) in [4.78, 5) is 30.7. The Balaban J connectivity index is 1.72. The summed E-state index contributed by atoms with van der Waals surface area (Å²) in [6, 6.07) is 18.1. The summed E-state index contributed by atoms with van der Waals surface area (Å²) in [5.74, 6) is 0.512. The number of Topliss-reactive ketones (excluding diaryl/α,β-unsaturated/α-hetero) is 1. The minimum Gasteiger partial charge on any atom is -0.493 e. The van der Waals surface area contributed by atoms with Crippen LogP contribution in [-0.2, 0) is 4.74 Å². The molecule has 184 valence electrons. The van der Waals surface area contributed by atoms with Crippen LogP contribution in [0.25, 0.3) is 22.2 Å². The molecular weight excluding hydrogens is 458 g/mol. The molecule has 4 aromatic rings. The highest BCUT2D eigenvalue weighted by molar-refractivity contribution is 6.06. The van der Waals surface area contributed by atoms with Gasteiger partial charge in [-0.15, -0.1) is 0 Å². The molecule has 1 aromatic heterocycles. The van der Waals surface area contributed by atoms with Crippen LogP contribution in [0.2, 0.25) is 0 Å². The molecule has 7 nitrogen and oxygen atoms in total. The molecule has 0 unspecified atom stereocenters. The molecule has 0 amide bonds. The Bertz CT molecular complexity index is 1430. The van der Waals surface area contributed by atoms with E-state index < -0.39 is 5.97 Å². The minimum atomic E-state index is -0.610. The van der Waals surface area contributed by atoms with Crippen LogP contribution in [0.15, 0.2) is 60.7 Å². The van der Waals surface area contributed by atoms with E-state index in [2.05, 4.69) is 0 Å². The van der Waals surface area contributed by atoms with Crippen molar-refractivity contribution in [2.75, 3.05) is 27.9 Å². The topological polar surface area (TPSA) is 84.0 Å². The van der Waals surface area contributed by atoms with Gasteiger partial charge in [-0.3, -0.25) is 4.79 Å². The zero-order valence-corrected chi connectivity index (χ0v) is 20.9. The van der Waals surface area contributed by atoms with Gasteiger partial charge in [-0.25, -0.2) is 9.78 Å². The van der Waals surface area contributed by atoms with Gasteiger partial charge in [0.05, 0.1) is 38.1 Å². The number of aryl methyl sites for hydroxylation is 2. The molecule has 0 aliphatic carbocycles. The van der Waals surface area contributed by atoms with Gasteiger partial charge in [0.25, 0.3) is 0 Å². The Labute approximate surface area is 209 Å². The maximum absolute atomic E-state index is 13.2. The van der Waals surface area contributed by atoms with E-state index in [4.69, 9.17) is 23.9 Å². The zero-order chi connectivity index (χ0) is 25.8. The summed E-state index contributed by atoms with van der Waals surface area (Å²) >= 11 is 0. The fourth-order valence-corrected chi connectivity index (χ4v) is 4.04. The lowest BCUT2D eigenvalue weighted by molar-refractivity contribution is 0.0476. The standard InChI is InChI=1S/C29H27NO6/c1-17-10-11-18(2)21(12-17)25(31)16-36-29(32)22-15-24(30-23-9-7-6-8-20(22)23)19-13-26(33-3)28(35-5)27(14-19)34-4/h6-15H,16H2,1-5H3. The predicted molar refractivity (Wildman–Crippen MR) is 137 cm³/mol. The summed E-state index contributed by atoms with van der Waals surface area (Å²) in [5, 5.41) is 0.623. The smallest absolute Gasteiger partial charge is 0.339 e. The number of hydrogen-bond donors (Lipinski definition) is 0. The van der Waals surface area contributed by atoms with Gasteiger partial charge in [0.15, 0.2) is 18.1 Å². The summed E-state index contributed by atoms with van der Waals surface area (Å²) in [6.45, 7) is 3.41. The molecule has 0 aliphatic heterocycles. The van der Waals surface area contributed by atoms with Crippen molar-refractivity contribution in [1.82, 2.24) is 4.98 Å². The lowest BCUT2D eigenvalue weighted by atomic mass is 10.0. The molecule has 0 fully saturated rings. The maximum Gasteiger partial charge on any atom is 0.339 e. The largest absolute Gasteiger partial charge is 0.493 e. The molecule has 3 aromatic carbocycles. The molecule has 0 bridgehead atoms. The highest BCUT2D eigenvalue weighted by Gasteiger charge is 2.20. The molecular formula is C29H27NO6. The third kappa shape index (κ3) is 4.86. The second-order valence-electron chi connectivity index (χ2n) is 8.30. The van der Waals surface area contributed by atoms with E-state index in [1.807, 2.05) is 44.2 Å². The summed E-state index contributed by atoms with van der Waals surface area (Å²) < 4.78 is 21.8. The van der Waals surface area contributed by atoms with Gasteiger partial charge >= 0.3 is 5.97 Å². The molecule has 0 saturated heterocycles. The fraction of sp³-hybridized carbons (Fsp3) is 0.207. The van der Waals surface area contributed by atoms with Crippen molar-refractivity contribution in [1.29, 1.82) is 0 Å². The number of rotatable bonds is 8. The molecule has 0 atom stereocenters. The Morgan fingerprint density at radius 1 is 0.806 bits per heavy atom. The Hall–Kier alpha value is -4.39. The van der Waals surface area contributed by atoms with Gasteiger partial charge in [-0.2, -0.15) is 0 Å². The molecule has 4 rings (SSSR count). The first-order chi connectivity index (χ1) is 17.4. The predicted octanol–water partition coefficient (Wildman–Crippen LogP) is 5.58. The number of carbonyl (C=O) groups excluding carboxylic acids is 2. The number of pyridine rings is 1. The van der Waals surface area contributed by atoms with E-state index in [1.54, 1.807) is 30.3 Å². The average Bonchev–Trinajstić information content (AvgIpc) is 2.91. The van der Waals surface area contributed by atoms with E-state index >= 15 is 0 Å². The van der Waals surface area contributed by atoms with Crippen molar-refractivity contribution in [3.05, 3.63) is 82.9 Å². The van der Waals surface area contributed by atoms with Crippen LogP contribution in [0.4, 0.5) is 0 Å². The van der Waals surface area contributed by atoms with Crippen molar-refractivity contribution in [2.24, 2.45) is 0 Å². The number of fused-ring (bicyclic) bond motifs is 1. The van der Waals surface area contributed by atoms with Gasteiger partial charge in [0.1, 0.15) is 0 Å². The number of para-hydroxylation sites is 1. The van der Waals surface area contributed by atoms with Gasteiger partial charge in [0.2, 0.25) is 11.5 Å². The molecule has 1 heterocycles. The fourth-order valence-electron chi connectivity index (χ4n) is 4.04. The van der Waals surface area contributed by atoms with Crippen LogP contribution >= 0.6 is 0 Å². The molecule has 7 heteroatoms. The zero-order valence-electron chi connectivity index (χ0n) is 20.9. The number of esters is 1. The third-order valence-corrected chi connectivity index (χ3v) is 5.92. The van der Waals surface area contributed by atoms with Gasteiger partial charge in [-0.05, 0) is 49.7 Å². The van der Waals surface area contributed by atoms with Crippen LogP contribution in [0.3, 0.4) is 0 Å². The lowest BCUT2D eigenvalue weighted by Gasteiger charge is -2.15. The number of carbonyl (C=O) groups is 2. The van der Waals surface area contributed by atoms with Crippen LogP contribution in [0, 0.1) is 13.8 Å². The number of aromatic nitrogens is 1. The van der Waals surface area contributed by atoms with Gasteiger partial charge in [-0.1, -0.05) is 35.9 Å². The third-order valence-electron chi connectivity index (χ3n) is 5.92. The molecule has 36 heavy (non-hydrogen) atoms. The van der Waals surface area contributed by atoms with Crippen LogP contribution < -0.4 is 14.2 Å². The Morgan fingerprint density at radius 3 is 2.17 bits per heavy atom. The number of ether oxygens (including phenoxy) is 4. The summed E-state index contributed by atoms with van der Waals surface area (Å²) in [6.07, 6.45) is 0. The number of methoxy groups -OCH3 is 3. The normalized spacial score (nSPS) is 10.7. The lowest BCUT2D eigenvalue weighted by Crippen LogP contribution is -2.16. The van der Waals surface area contributed by atoms with E-state index in [0.29, 0.717) is 50.5 Å². The number of hydrogen-bond acceptors (Lipinski definition) is 7. The van der Waals surface area contributed by atoms with Gasteiger partial charge < -0.3 is 18.9 Å². The number of ketones is 1. The van der Waals surface area contributed by atoms with E-state index in [-0.39, 0.29) is 12.4 Å². The highest BCUT2D eigenvalue weighted by Crippen LogP contribution is 2.41. The van der Waals surface area contributed by atoms with Crippen molar-refractivity contribution < 1.29 is 28.5 Å². The first-order valence-corrected chi connectivity index (χ1v) is 11.3. The number of benzene rings is 3. The Kier molecular flexibility index (Phi) is 7.20. The van der Waals surface area contributed by atoms with E-state index in [9.17, 15) is 9.59 Å². The van der Waals surface area contributed by atoms with Crippen molar-refractivity contribution in [3.63, 3.8) is 0 Å². The van der Waals surface area contributed by atoms with Gasteiger partial charge in [0, 0.05) is 16.5 Å². The molecule has 0 spiro atoms. The highest BCUT2D eigenvalue weighted by atomic mass is 16.5. The first-order valence-electron chi connectivity index (χ1n) is 11.3. The van der Waals surface area contributed by atoms with E-state index in [0.717, 1.165) is 11.1 Å².